The Balaban J connectivity index is 4.80. The fourth-order valence-corrected chi connectivity index (χ4v) is 0.907. The van der Waals surface area contributed by atoms with Crippen molar-refractivity contribution in [2.75, 3.05) is 0 Å². The van der Waals surface area contributed by atoms with Crippen LogP contribution in [0.15, 0.2) is 11.8 Å². The summed E-state index contributed by atoms with van der Waals surface area (Å²) in [5.41, 5.74) is -5.57. The summed E-state index contributed by atoms with van der Waals surface area (Å²) in [6.07, 6.45) is 0.198. The van der Waals surface area contributed by atoms with E-state index in [-0.39, 0.29) is 6.08 Å². The quantitative estimate of drug-likeness (QED) is 0.338. The summed E-state index contributed by atoms with van der Waals surface area (Å²) in [4.78, 5) is 9.91. The minimum Gasteiger partial charge on any atom is -0.478 e. The second-order valence-corrected chi connectivity index (χ2v) is 3.61. The van der Waals surface area contributed by atoms with Crippen LogP contribution in [-0.2, 0) is 19.1 Å². The Hall–Kier alpha value is -1.25. The zero-order valence-corrected chi connectivity index (χ0v) is 7.52. The molecule has 0 aromatic heterocycles. The monoisotopic (exact) mass is 234 g/mol. The van der Waals surface area contributed by atoms with Crippen LogP contribution in [0.5, 0.6) is 0 Å². The second-order valence-electron chi connectivity index (χ2n) is 2.08. The average Bonchev–Trinajstić information content (AvgIpc) is 1.79. The lowest BCUT2D eigenvalue weighted by molar-refractivity contribution is -0.131. The minimum absolute atomic E-state index is 0.198. The summed E-state index contributed by atoms with van der Waals surface area (Å²) in [6.45, 7) is 0.775. The van der Waals surface area contributed by atoms with Crippen LogP contribution in [0, 0.1) is 0 Å². The number of carboxylic acids is 1. The summed E-state index contributed by atoms with van der Waals surface area (Å²) >= 11 is 0. The second kappa shape index (κ2) is 3.86. The van der Waals surface area contributed by atoms with Crippen molar-refractivity contribution < 1.29 is 35.7 Å². The number of alkyl halides is 3. The van der Waals surface area contributed by atoms with Crippen molar-refractivity contribution >= 4 is 16.1 Å². The van der Waals surface area contributed by atoms with Crippen LogP contribution in [0.3, 0.4) is 0 Å². The average molecular weight is 234 g/mol. The lowest BCUT2D eigenvalue weighted by Crippen LogP contribution is -2.25. The van der Waals surface area contributed by atoms with E-state index in [0.29, 0.717) is 0 Å². The van der Waals surface area contributed by atoms with E-state index in [1.807, 2.05) is 0 Å². The van der Waals surface area contributed by atoms with Crippen molar-refractivity contribution in [2.45, 2.75) is 12.4 Å². The predicted molar refractivity (Wildman–Crippen MR) is 37.5 cm³/mol. The maximum Gasteiger partial charge on any atom is 0.534 e. The third kappa shape index (κ3) is 3.64. The van der Waals surface area contributed by atoms with E-state index in [4.69, 9.17) is 5.11 Å². The fourth-order valence-electron chi connectivity index (χ4n) is 0.418. The third-order valence-corrected chi connectivity index (χ3v) is 1.90. The van der Waals surface area contributed by atoms with Gasteiger partial charge in [-0.15, -0.1) is 0 Å². The molecule has 82 valence electrons. The molecule has 0 aliphatic rings. The molecule has 0 aromatic carbocycles. The number of hydrogen-bond donors (Lipinski definition) is 1. The highest BCUT2D eigenvalue weighted by Gasteiger charge is 2.48. The van der Waals surface area contributed by atoms with Crippen LogP contribution in [0.4, 0.5) is 13.2 Å². The molecule has 5 nitrogen and oxygen atoms in total. The van der Waals surface area contributed by atoms with Gasteiger partial charge in [0.15, 0.2) is 0 Å². The van der Waals surface area contributed by atoms with Gasteiger partial charge in [0.1, 0.15) is 5.76 Å². The SMILES string of the molecule is C/C(=C/C(=O)O)OS(=O)(=O)C(F)(F)F. The number of allylic oxidation sites excluding steroid dienone is 1. The molecule has 0 unspecified atom stereocenters. The topological polar surface area (TPSA) is 80.7 Å². The van der Waals surface area contributed by atoms with Gasteiger partial charge in [-0.3, -0.25) is 0 Å². The molecule has 0 fully saturated rings. The van der Waals surface area contributed by atoms with E-state index in [9.17, 15) is 26.4 Å². The molecular weight excluding hydrogens is 229 g/mol. The third-order valence-electron chi connectivity index (χ3n) is 0.851. The van der Waals surface area contributed by atoms with Crippen LogP contribution in [0.2, 0.25) is 0 Å². The number of rotatable bonds is 3. The van der Waals surface area contributed by atoms with E-state index in [0.717, 1.165) is 6.92 Å². The molecule has 1 N–H and O–H groups in total. The molecule has 0 radical (unpaired) electrons. The van der Waals surface area contributed by atoms with Crippen molar-refractivity contribution in [2.24, 2.45) is 0 Å². The van der Waals surface area contributed by atoms with Gasteiger partial charge < -0.3 is 9.29 Å². The highest BCUT2D eigenvalue weighted by molar-refractivity contribution is 7.87. The summed E-state index contributed by atoms with van der Waals surface area (Å²) < 4.78 is 58.9. The highest BCUT2D eigenvalue weighted by atomic mass is 32.2. The maximum atomic E-state index is 11.6. The maximum absolute atomic E-state index is 11.6. The first-order valence-corrected chi connectivity index (χ1v) is 4.39. The Morgan fingerprint density at radius 2 is 1.86 bits per heavy atom. The molecule has 9 heteroatoms. The van der Waals surface area contributed by atoms with Crippen LogP contribution in [0.1, 0.15) is 6.92 Å². The van der Waals surface area contributed by atoms with Crippen molar-refractivity contribution in [1.29, 1.82) is 0 Å². The van der Waals surface area contributed by atoms with E-state index < -0.39 is 27.4 Å². The standard InChI is InChI=1S/C5H5F3O5S/c1-3(2-4(9)10)13-14(11,12)5(6,7)8/h2H,1H3,(H,9,10)/b3-2-. The normalized spacial score (nSPS) is 13.9. The first-order valence-electron chi connectivity index (χ1n) is 2.98. The minimum atomic E-state index is -5.77. The largest absolute Gasteiger partial charge is 0.534 e. The Labute approximate surface area is 76.9 Å². The van der Waals surface area contributed by atoms with E-state index in [1.165, 1.54) is 0 Å². The van der Waals surface area contributed by atoms with Crippen molar-refractivity contribution in [3.05, 3.63) is 11.8 Å². The van der Waals surface area contributed by atoms with Gasteiger partial charge in [0.25, 0.3) is 0 Å². The molecule has 0 aliphatic heterocycles. The number of aliphatic carboxylic acids is 1. The summed E-state index contributed by atoms with van der Waals surface area (Å²) in [7, 11) is -5.77. The molecule has 14 heavy (non-hydrogen) atoms. The Morgan fingerprint density at radius 1 is 1.43 bits per heavy atom. The van der Waals surface area contributed by atoms with E-state index in [1.54, 1.807) is 0 Å². The zero-order valence-electron chi connectivity index (χ0n) is 6.70. The van der Waals surface area contributed by atoms with Gasteiger partial charge in [0.05, 0.1) is 6.08 Å². The van der Waals surface area contributed by atoms with Crippen LogP contribution >= 0.6 is 0 Å². The molecule has 0 saturated carbocycles. The molecule has 0 rings (SSSR count). The predicted octanol–water partition coefficient (Wildman–Crippen LogP) is 0.841. The molecule has 0 atom stereocenters. The Morgan fingerprint density at radius 3 is 2.14 bits per heavy atom. The van der Waals surface area contributed by atoms with E-state index >= 15 is 0 Å². The van der Waals surface area contributed by atoms with Crippen molar-refractivity contribution in [1.82, 2.24) is 0 Å². The van der Waals surface area contributed by atoms with E-state index in [2.05, 4.69) is 4.18 Å². The first kappa shape index (κ1) is 12.8. The highest BCUT2D eigenvalue weighted by Crippen LogP contribution is 2.26. The number of hydrogen-bond acceptors (Lipinski definition) is 4. The van der Waals surface area contributed by atoms with Crippen LogP contribution in [-0.4, -0.2) is 25.0 Å². The van der Waals surface area contributed by atoms with Crippen molar-refractivity contribution in [3.63, 3.8) is 0 Å². The van der Waals surface area contributed by atoms with Crippen LogP contribution in [0.25, 0.3) is 0 Å². The number of halogens is 3. The molecule has 0 amide bonds. The summed E-state index contributed by atoms with van der Waals surface area (Å²) in [5.74, 6) is -2.49. The molecular formula is C5H5F3O5S. The van der Waals surface area contributed by atoms with Gasteiger partial charge >= 0.3 is 21.6 Å². The van der Waals surface area contributed by atoms with Gasteiger partial charge in [0, 0.05) is 0 Å². The molecule has 0 spiro atoms. The number of carboxylic acid groups (broad SMARTS) is 1. The fraction of sp³-hybridized carbons (Fsp3) is 0.400. The van der Waals surface area contributed by atoms with Crippen molar-refractivity contribution in [3.8, 4) is 0 Å². The number of carbonyl (C=O) groups is 1. The van der Waals surface area contributed by atoms with Gasteiger partial charge in [-0.05, 0) is 6.92 Å². The Bertz CT molecular complexity index is 352. The van der Waals surface area contributed by atoms with Gasteiger partial charge in [-0.25, -0.2) is 4.79 Å². The van der Waals surface area contributed by atoms with Crippen LogP contribution < -0.4 is 0 Å². The van der Waals surface area contributed by atoms with Gasteiger partial charge in [-0.1, -0.05) is 0 Å². The van der Waals surface area contributed by atoms with Gasteiger partial charge in [-0.2, -0.15) is 21.6 Å². The van der Waals surface area contributed by atoms with Gasteiger partial charge in [0.2, 0.25) is 0 Å². The molecule has 0 heterocycles. The zero-order chi connectivity index (χ0) is 11.6. The lowest BCUT2D eigenvalue weighted by atomic mass is 10.5. The molecule has 0 saturated heterocycles. The lowest BCUT2D eigenvalue weighted by Gasteiger charge is -2.08. The Kier molecular flexibility index (Phi) is 3.52. The summed E-state index contributed by atoms with van der Waals surface area (Å²) in [6, 6.07) is 0. The molecule has 0 bridgehead atoms. The summed E-state index contributed by atoms with van der Waals surface area (Å²) in [5, 5.41) is 8.05. The molecule has 0 aliphatic carbocycles. The smallest absolute Gasteiger partial charge is 0.478 e. The molecule has 0 aromatic rings. The first-order chi connectivity index (χ1) is 6.06.